The van der Waals surface area contributed by atoms with Gasteiger partial charge >= 0.3 is 6.18 Å². The van der Waals surface area contributed by atoms with Crippen LogP contribution in [0.4, 0.5) is 17.6 Å². The Morgan fingerprint density at radius 3 is 2.50 bits per heavy atom. The average Bonchev–Trinajstić information content (AvgIpc) is 2.96. The molecule has 12 heteroatoms. The highest BCUT2D eigenvalue weighted by Crippen LogP contribution is 2.37. The standard InChI is InChI=1S/C16H13F4IN4O2S/c1-3-28(26,27)11-5-9(21)7-22-12(11)15-24-10-4-8(13(17)16(18,19)20)6-23-14(10)25(15)2/h4-7,13H,3H2,1-2H3. The normalized spacial score (nSPS) is 13.8. The summed E-state index contributed by atoms with van der Waals surface area (Å²) in [6, 6.07) is 2.39. The Bertz CT molecular complexity index is 1160. The number of sulfone groups is 1. The highest BCUT2D eigenvalue weighted by molar-refractivity contribution is 14.1. The van der Waals surface area contributed by atoms with Crippen LogP contribution in [0.3, 0.4) is 0 Å². The fourth-order valence-electron chi connectivity index (χ4n) is 2.61. The molecule has 0 aliphatic carbocycles. The number of rotatable bonds is 4. The van der Waals surface area contributed by atoms with Crippen molar-refractivity contribution in [1.82, 2.24) is 19.5 Å². The molecule has 0 saturated heterocycles. The predicted octanol–water partition coefficient (Wildman–Crippen LogP) is 4.00. The number of halogens is 5. The van der Waals surface area contributed by atoms with Crippen LogP contribution in [-0.4, -0.2) is 39.9 Å². The third kappa shape index (κ3) is 3.71. The topological polar surface area (TPSA) is 77.7 Å². The fourth-order valence-corrected chi connectivity index (χ4v) is 4.33. The SMILES string of the molecule is CCS(=O)(=O)c1cc(I)cnc1-c1nc2cc(C(F)C(F)(F)F)cnc2n1C. The Morgan fingerprint density at radius 2 is 1.89 bits per heavy atom. The summed E-state index contributed by atoms with van der Waals surface area (Å²) >= 11 is 1.92. The van der Waals surface area contributed by atoms with Gasteiger partial charge in [-0.2, -0.15) is 13.2 Å². The van der Waals surface area contributed by atoms with E-state index in [2.05, 4.69) is 15.0 Å². The van der Waals surface area contributed by atoms with Crippen LogP contribution < -0.4 is 0 Å². The second-order valence-electron chi connectivity index (χ2n) is 5.91. The van der Waals surface area contributed by atoms with E-state index < -0.39 is 27.7 Å². The van der Waals surface area contributed by atoms with Crippen LogP contribution in [0.5, 0.6) is 0 Å². The Kier molecular flexibility index (Phi) is 5.38. The quantitative estimate of drug-likeness (QED) is 0.378. The Balaban J connectivity index is 2.22. The molecule has 3 heterocycles. The van der Waals surface area contributed by atoms with Gasteiger partial charge in [0.2, 0.25) is 6.17 Å². The van der Waals surface area contributed by atoms with Crippen LogP contribution in [-0.2, 0) is 16.9 Å². The summed E-state index contributed by atoms with van der Waals surface area (Å²) in [5.41, 5.74) is -0.450. The molecule has 0 aliphatic heterocycles. The molecule has 0 aliphatic rings. The van der Waals surface area contributed by atoms with Gasteiger partial charge in [0, 0.05) is 28.6 Å². The summed E-state index contributed by atoms with van der Waals surface area (Å²) in [5.74, 6) is -0.0612. The molecule has 3 aromatic heterocycles. The fraction of sp³-hybridized carbons (Fsp3) is 0.312. The summed E-state index contributed by atoms with van der Waals surface area (Å²) in [4.78, 5) is 12.2. The molecule has 1 unspecified atom stereocenters. The largest absolute Gasteiger partial charge is 0.423 e. The van der Waals surface area contributed by atoms with Crippen LogP contribution in [0.25, 0.3) is 22.7 Å². The van der Waals surface area contributed by atoms with Gasteiger partial charge < -0.3 is 4.57 Å². The lowest BCUT2D eigenvalue weighted by Gasteiger charge is -2.11. The average molecular weight is 528 g/mol. The van der Waals surface area contributed by atoms with Crippen molar-refractivity contribution in [3.05, 3.63) is 33.7 Å². The second-order valence-corrected chi connectivity index (χ2v) is 9.41. The minimum Gasteiger partial charge on any atom is -0.310 e. The molecule has 0 amide bonds. The van der Waals surface area contributed by atoms with Gasteiger partial charge in [0.15, 0.2) is 21.3 Å². The van der Waals surface area contributed by atoms with Crippen molar-refractivity contribution in [1.29, 1.82) is 0 Å². The molecule has 3 aromatic rings. The molecule has 6 nitrogen and oxygen atoms in total. The Labute approximate surface area is 171 Å². The van der Waals surface area contributed by atoms with Crippen molar-refractivity contribution >= 4 is 43.6 Å². The molecule has 150 valence electrons. The zero-order chi connectivity index (χ0) is 20.9. The van der Waals surface area contributed by atoms with Gasteiger partial charge in [-0.05, 0) is 34.7 Å². The van der Waals surface area contributed by atoms with E-state index >= 15 is 0 Å². The highest BCUT2D eigenvalue weighted by Gasteiger charge is 2.41. The maximum absolute atomic E-state index is 13.6. The van der Waals surface area contributed by atoms with Gasteiger partial charge in [-0.1, -0.05) is 6.92 Å². The van der Waals surface area contributed by atoms with E-state index in [0.29, 0.717) is 3.57 Å². The third-order valence-electron chi connectivity index (χ3n) is 4.06. The van der Waals surface area contributed by atoms with Crippen molar-refractivity contribution in [3.63, 3.8) is 0 Å². The van der Waals surface area contributed by atoms with Crippen LogP contribution in [0.15, 0.2) is 29.4 Å². The number of alkyl halides is 4. The molecule has 0 radical (unpaired) electrons. The first-order valence-electron chi connectivity index (χ1n) is 7.87. The van der Waals surface area contributed by atoms with E-state index in [4.69, 9.17) is 0 Å². The van der Waals surface area contributed by atoms with Crippen molar-refractivity contribution < 1.29 is 26.0 Å². The first kappa shape index (κ1) is 20.9. The molecule has 0 spiro atoms. The maximum atomic E-state index is 13.6. The van der Waals surface area contributed by atoms with Crippen molar-refractivity contribution in [2.24, 2.45) is 7.05 Å². The van der Waals surface area contributed by atoms with Gasteiger partial charge in [-0.3, -0.25) is 4.98 Å². The van der Waals surface area contributed by atoms with Crippen molar-refractivity contribution in [3.8, 4) is 11.5 Å². The third-order valence-corrected chi connectivity index (χ3v) is 6.39. The number of hydrogen-bond acceptors (Lipinski definition) is 5. The summed E-state index contributed by atoms with van der Waals surface area (Å²) in [6.07, 6.45) is -6.02. The minimum atomic E-state index is -5.06. The maximum Gasteiger partial charge on any atom is 0.423 e. The van der Waals surface area contributed by atoms with Crippen LogP contribution in [0, 0.1) is 3.57 Å². The molecule has 0 aromatic carbocycles. The van der Waals surface area contributed by atoms with Crippen LogP contribution >= 0.6 is 22.6 Å². The van der Waals surface area contributed by atoms with Crippen LogP contribution in [0.2, 0.25) is 0 Å². The predicted molar refractivity (Wildman–Crippen MR) is 102 cm³/mol. The molecule has 28 heavy (non-hydrogen) atoms. The van der Waals surface area contributed by atoms with E-state index in [1.54, 1.807) is 0 Å². The highest BCUT2D eigenvalue weighted by atomic mass is 127. The lowest BCUT2D eigenvalue weighted by molar-refractivity contribution is -0.182. The number of aromatic nitrogens is 4. The zero-order valence-corrected chi connectivity index (χ0v) is 17.5. The molecule has 0 saturated carbocycles. The van der Waals surface area contributed by atoms with E-state index in [9.17, 15) is 26.0 Å². The summed E-state index contributed by atoms with van der Waals surface area (Å²) in [6.45, 7) is 1.49. The lowest BCUT2D eigenvalue weighted by atomic mass is 10.2. The lowest BCUT2D eigenvalue weighted by Crippen LogP contribution is -2.16. The molecule has 0 N–H and O–H groups in total. The Hall–Kier alpha value is -1.83. The number of imidazole rings is 1. The molecule has 3 rings (SSSR count). The van der Waals surface area contributed by atoms with E-state index in [0.717, 1.165) is 12.3 Å². The van der Waals surface area contributed by atoms with E-state index in [-0.39, 0.29) is 33.3 Å². The summed E-state index contributed by atoms with van der Waals surface area (Å²) in [5, 5.41) is 0. The smallest absolute Gasteiger partial charge is 0.310 e. The molecular formula is C16H13F4IN4O2S. The molecule has 0 bridgehead atoms. The summed E-state index contributed by atoms with van der Waals surface area (Å²) in [7, 11) is -2.12. The zero-order valence-electron chi connectivity index (χ0n) is 14.5. The van der Waals surface area contributed by atoms with Gasteiger partial charge in [0.1, 0.15) is 11.2 Å². The number of nitrogens with zero attached hydrogens (tertiary/aromatic N) is 4. The van der Waals surface area contributed by atoms with Gasteiger partial charge in [0.05, 0.1) is 10.6 Å². The van der Waals surface area contributed by atoms with E-state index in [1.807, 2.05) is 22.6 Å². The van der Waals surface area contributed by atoms with Crippen molar-refractivity contribution in [2.75, 3.05) is 5.75 Å². The number of aryl methyl sites for hydroxylation is 1. The molecule has 0 fully saturated rings. The summed E-state index contributed by atoms with van der Waals surface area (Å²) < 4.78 is 78.5. The van der Waals surface area contributed by atoms with Gasteiger partial charge in [-0.25, -0.2) is 22.8 Å². The first-order valence-corrected chi connectivity index (χ1v) is 10.6. The van der Waals surface area contributed by atoms with Gasteiger partial charge in [0.25, 0.3) is 0 Å². The first-order chi connectivity index (χ1) is 13.0. The minimum absolute atomic E-state index is 0.00194. The van der Waals surface area contributed by atoms with E-state index in [1.165, 1.54) is 30.8 Å². The molecule has 1 atom stereocenters. The second kappa shape index (κ2) is 7.21. The number of pyridine rings is 2. The van der Waals surface area contributed by atoms with Crippen LogP contribution in [0.1, 0.15) is 18.7 Å². The number of hydrogen-bond donors (Lipinski definition) is 0. The molecular weight excluding hydrogens is 515 g/mol. The number of fused-ring (bicyclic) bond motifs is 1. The Morgan fingerprint density at radius 1 is 1.21 bits per heavy atom. The van der Waals surface area contributed by atoms with Gasteiger partial charge in [-0.15, -0.1) is 0 Å². The van der Waals surface area contributed by atoms with Crippen molar-refractivity contribution in [2.45, 2.75) is 24.2 Å². The monoisotopic (exact) mass is 528 g/mol.